The SMILES string of the molecule is CC(C)N(CCO)C(=O)N[C@@H]1CC(=O)N(c2ccc(Cl)cc2)C1. The maximum absolute atomic E-state index is 12.3. The molecule has 1 saturated heterocycles. The molecule has 1 aliphatic rings. The van der Waals surface area contributed by atoms with Gasteiger partial charge >= 0.3 is 6.03 Å². The van der Waals surface area contributed by atoms with Crippen LogP contribution in [0, 0.1) is 0 Å². The molecule has 1 fully saturated rings. The summed E-state index contributed by atoms with van der Waals surface area (Å²) in [6.45, 7) is 4.37. The second-order valence-corrected chi connectivity index (χ2v) is 6.28. The predicted molar refractivity (Wildman–Crippen MR) is 89.7 cm³/mol. The van der Waals surface area contributed by atoms with Crippen LogP contribution < -0.4 is 10.2 Å². The molecule has 3 amide bonds. The first-order chi connectivity index (χ1) is 10.9. The van der Waals surface area contributed by atoms with Gasteiger partial charge < -0.3 is 20.2 Å². The molecule has 2 rings (SSSR count). The number of halogens is 1. The number of carbonyl (C=O) groups is 2. The van der Waals surface area contributed by atoms with Crippen LogP contribution in [0.5, 0.6) is 0 Å². The Kier molecular flexibility index (Phi) is 5.85. The lowest BCUT2D eigenvalue weighted by Gasteiger charge is -2.27. The predicted octanol–water partition coefficient (Wildman–Crippen LogP) is 1.86. The Morgan fingerprint density at radius 2 is 2.09 bits per heavy atom. The summed E-state index contributed by atoms with van der Waals surface area (Å²) in [6, 6.07) is 6.52. The van der Waals surface area contributed by atoms with Gasteiger partial charge in [-0.15, -0.1) is 0 Å². The molecule has 7 heteroatoms. The molecule has 0 saturated carbocycles. The maximum Gasteiger partial charge on any atom is 0.318 e. The highest BCUT2D eigenvalue weighted by Crippen LogP contribution is 2.23. The molecule has 0 aromatic heterocycles. The number of nitrogens with zero attached hydrogens (tertiary/aromatic N) is 2. The minimum absolute atomic E-state index is 0.0216. The average molecular weight is 340 g/mol. The lowest BCUT2D eigenvalue weighted by molar-refractivity contribution is -0.117. The van der Waals surface area contributed by atoms with Gasteiger partial charge in [0.15, 0.2) is 0 Å². The molecular weight excluding hydrogens is 318 g/mol. The van der Waals surface area contributed by atoms with Crippen molar-refractivity contribution in [1.29, 1.82) is 0 Å². The van der Waals surface area contributed by atoms with Gasteiger partial charge in [0.1, 0.15) is 0 Å². The Morgan fingerprint density at radius 3 is 2.65 bits per heavy atom. The highest BCUT2D eigenvalue weighted by molar-refractivity contribution is 6.30. The normalized spacial score (nSPS) is 17.7. The number of aliphatic hydroxyl groups is 1. The molecule has 0 spiro atoms. The Bertz CT molecular complexity index is 562. The number of amides is 3. The lowest BCUT2D eigenvalue weighted by Crippen LogP contribution is -2.49. The number of benzene rings is 1. The Hall–Kier alpha value is -1.79. The van der Waals surface area contributed by atoms with Crippen LogP contribution in [0.3, 0.4) is 0 Å². The van der Waals surface area contributed by atoms with Crippen molar-refractivity contribution in [1.82, 2.24) is 10.2 Å². The van der Waals surface area contributed by atoms with Crippen molar-refractivity contribution in [2.75, 3.05) is 24.6 Å². The van der Waals surface area contributed by atoms with Gasteiger partial charge in [-0.3, -0.25) is 4.79 Å². The number of anilines is 1. The first-order valence-corrected chi connectivity index (χ1v) is 8.04. The minimum Gasteiger partial charge on any atom is -0.395 e. The lowest BCUT2D eigenvalue weighted by atomic mass is 10.2. The van der Waals surface area contributed by atoms with Crippen molar-refractivity contribution in [3.63, 3.8) is 0 Å². The zero-order chi connectivity index (χ0) is 17.0. The van der Waals surface area contributed by atoms with E-state index >= 15 is 0 Å². The van der Waals surface area contributed by atoms with Crippen LogP contribution in [0.4, 0.5) is 10.5 Å². The van der Waals surface area contributed by atoms with Crippen LogP contribution in [-0.4, -0.2) is 53.7 Å². The summed E-state index contributed by atoms with van der Waals surface area (Å²) < 4.78 is 0. The molecule has 1 aliphatic heterocycles. The van der Waals surface area contributed by atoms with Gasteiger partial charge in [-0.05, 0) is 38.1 Å². The van der Waals surface area contributed by atoms with Crippen LogP contribution in [0.15, 0.2) is 24.3 Å². The average Bonchev–Trinajstić information content (AvgIpc) is 2.85. The monoisotopic (exact) mass is 339 g/mol. The number of carbonyl (C=O) groups excluding carboxylic acids is 2. The zero-order valence-electron chi connectivity index (χ0n) is 13.3. The quantitative estimate of drug-likeness (QED) is 0.860. The molecule has 126 valence electrons. The van der Waals surface area contributed by atoms with Crippen molar-refractivity contribution in [3.8, 4) is 0 Å². The summed E-state index contributed by atoms with van der Waals surface area (Å²) in [4.78, 5) is 27.6. The van der Waals surface area contributed by atoms with Crippen LogP contribution in [0.25, 0.3) is 0 Å². The number of hydrogen-bond acceptors (Lipinski definition) is 3. The van der Waals surface area contributed by atoms with Gasteiger partial charge in [-0.25, -0.2) is 4.79 Å². The summed E-state index contributed by atoms with van der Waals surface area (Å²) in [5, 5.41) is 12.5. The molecule has 1 aromatic carbocycles. The van der Waals surface area contributed by atoms with Gasteiger partial charge in [0.05, 0.1) is 12.6 Å². The zero-order valence-corrected chi connectivity index (χ0v) is 14.1. The molecule has 0 bridgehead atoms. The number of urea groups is 1. The van der Waals surface area contributed by atoms with E-state index in [-0.39, 0.29) is 43.6 Å². The molecule has 0 unspecified atom stereocenters. The van der Waals surface area contributed by atoms with Crippen molar-refractivity contribution in [2.45, 2.75) is 32.4 Å². The number of rotatable bonds is 5. The highest BCUT2D eigenvalue weighted by atomic mass is 35.5. The van der Waals surface area contributed by atoms with Gasteiger partial charge in [-0.2, -0.15) is 0 Å². The number of nitrogens with one attached hydrogen (secondary N) is 1. The molecule has 6 nitrogen and oxygen atoms in total. The Morgan fingerprint density at radius 1 is 1.43 bits per heavy atom. The molecule has 2 N–H and O–H groups in total. The van der Waals surface area contributed by atoms with E-state index in [1.54, 1.807) is 34.1 Å². The fourth-order valence-electron chi connectivity index (χ4n) is 2.63. The van der Waals surface area contributed by atoms with E-state index in [0.29, 0.717) is 11.6 Å². The van der Waals surface area contributed by atoms with E-state index < -0.39 is 0 Å². The van der Waals surface area contributed by atoms with Crippen LogP contribution in [0.1, 0.15) is 20.3 Å². The smallest absolute Gasteiger partial charge is 0.318 e. The molecule has 0 aliphatic carbocycles. The van der Waals surface area contributed by atoms with Crippen LogP contribution in [-0.2, 0) is 4.79 Å². The summed E-state index contributed by atoms with van der Waals surface area (Å²) in [5.41, 5.74) is 0.771. The first kappa shape index (κ1) is 17.6. The summed E-state index contributed by atoms with van der Waals surface area (Å²) in [7, 11) is 0. The van der Waals surface area contributed by atoms with E-state index in [2.05, 4.69) is 5.32 Å². The van der Waals surface area contributed by atoms with E-state index in [0.717, 1.165) is 5.69 Å². The van der Waals surface area contributed by atoms with E-state index in [4.69, 9.17) is 16.7 Å². The fourth-order valence-corrected chi connectivity index (χ4v) is 2.76. The van der Waals surface area contributed by atoms with E-state index in [1.807, 2.05) is 13.8 Å². The molecule has 1 aromatic rings. The number of hydrogen-bond donors (Lipinski definition) is 2. The Labute approximate surface area is 141 Å². The first-order valence-electron chi connectivity index (χ1n) is 7.66. The molecule has 0 radical (unpaired) electrons. The highest BCUT2D eigenvalue weighted by Gasteiger charge is 2.32. The fraction of sp³-hybridized carbons (Fsp3) is 0.500. The van der Waals surface area contributed by atoms with Crippen molar-refractivity contribution < 1.29 is 14.7 Å². The van der Waals surface area contributed by atoms with E-state index in [1.165, 1.54) is 0 Å². The topological polar surface area (TPSA) is 72.9 Å². The summed E-state index contributed by atoms with van der Waals surface area (Å²) in [6.07, 6.45) is 0.263. The van der Waals surface area contributed by atoms with Gasteiger partial charge in [-0.1, -0.05) is 11.6 Å². The minimum atomic E-state index is -0.259. The summed E-state index contributed by atoms with van der Waals surface area (Å²) in [5.74, 6) is -0.0316. The largest absolute Gasteiger partial charge is 0.395 e. The second kappa shape index (κ2) is 7.66. The molecule has 23 heavy (non-hydrogen) atoms. The van der Waals surface area contributed by atoms with Gasteiger partial charge in [0.25, 0.3) is 0 Å². The molecular formula is C16H22ClN3O3. The Balaban J connectivity index is 1.99. The van der Waals surface area contributed by atoms with E-state index in [9.17, 15) is 9.59 Å². The van der Waals surface area contributed by atoms with Crippen molar-refractivity contribution in [3.05, 3.63) is 29.3 Å². The third kappa shape index (κ3) is 4.36. The third-order valence-electron chi connectivity index (χ3n) is 3.82. The second-order valence-electron chi connectivity index (χ2n) is 5.84. The van der Waals surface area contributed by atoms with Gasteiger partial charge in [0, 0.05) is 36.3 Å². The maximum atomic E-state index is 12.3. The standard InChI is InChI=1S/C16H22ClN3O3/c1-11(2)19(7-8-21)16(23)18-13-9-15(22)20(10-13)14-5-3-12(17)4-6-14/h3-6,11,13,21H,7-10H2,1-2H3,(H,18,23)/t13-/m1/s1. The number of aliphatic hydroxyl groups excluding tert-OH is 1. The molecule has 1 atom stereocenters. The van der Waals surface area contributed by atoms with Gasteiger partial charge in [0.2, 0.25) is 5.91 Å². The molecule has 1 heterocycles. The third-order valence-corrected chi connectivity index (χ3v) is 4.07. The van der Waals surface area contributed by atoms with Crippen LogP contribution in [0.2, 0.25) is 5.02 Å². The van der Waals surface area contributed by atoms with Crippen molar-refractivity contribution >= 4 is 29.2 Å². The summed E-state index contributed by atoms with van der Waals surface area (Å²) >= 11 is 5.86. The van der Waals surface area contributed by atoms with Crippen molar-refractivity contribution in [2.24, 2.45) is 0 Å². The van der Waals surface area contributed by atoms with Crippen LogP contribution >= 0.6 is 11.6 Å².